The lowest BCUT2D eigenvalue weighted by Gasteiger charge is -2.22. The zero-order chi connectivity index (χ0) is 15.4. The third kappa shape index (κ3) is 2.43. The van der Waals surface area contributed by atoms with E-state index in [1.807, 2.05) is 6.92 Å². The van der Waals surface area contributed by atoms with Gasteiger partial charge in [-0.05, 0) is 20.3 Å². The van der Waals surface area contributed by atoms with Gasteiger partial charge in [0.25, 0.3) is 0 Å². The van der Waals surface area contributed by atoms with Crippen LogP contribution in [-0.2, 0) is 33.3 Å². The summed E-state index contributed by atoms with van der Waals surface area (Å²) in [5.41, 5.74) is 0. The lowest BCUT2D eigenvalue weighted by Crippen LogP contribution is -2.38. The van der Waals surface area contributed by atoms with E-state index in [0.29, 0.717) is 6.42 Å². The molecule has 0 bridgehead atoms. The molecule has 3 heterocycles. The van der Waals surface area contributed by atoms with Crippen LogP contribution >= 0.6 is 0 Å². The predicted octanol–water partition coefficient (Wildman–Crippen LogP) is 0.746. The minimum atomic E-state index is -1.04. The zero-order valence-corrected chi connectivity index (χ0v) is 12.5. The lowest BCUT2D eigenvalue weighted by molar-refractivity contribution is -0.217. The first-order chi connectivity index (χ1) is 9.82. The Morgan fingerprint density at radius 3 is 2.67 bits per heavy atom. The molecule has 7 nitrogen and oxygen atoms in total. The van der Waals surface area contributed by atoms with Crippen molar-refractivity contribution in [2.24, 2.45) is 5.92 Å². The van der Waals surface area contributed by atoms with Crippen molar-refractivity contribution >= 4 is 11.9 Å². The van der Waals surface area contributed by atoms with Crippen LogP contribution in [0.1, 0.15) is 34.1 Å². The highest BCUT2D eigenvalue weighted by atomic mass is 16.8. The van der Waals surface area contributed by atoms with Gasteiger partial charge < -0.3 is 23.7 Å². The SMILES string of the molecule is CCC(C)C(=O)OC1C(=O)OC2C3OC(C)(C)OC3OC12. The maximum Gasteiger partial charge on any atom is 0.350 e. The number of carbonyl (C=O) groups is 2. The summed E-state index contributed by atoms with van der Waals surface area (Å²) in [7, 11) is 0. The quantitative estimate of drug-likeness (QED) is 0.711. The molecule has 6 atom stereocenters. The molecule has 0 amide bonds. The van der Waals surface area contributed by atoms with Crippen LogP contribution in [-0.4, -0.2) is 48.4 Å². The Morgan fingerprint density at radius 2 is 2.00 bits per heavy atom. The van der Waals surface area contributed by atoms with E-state index >= 15 is 0 Å². The number of hydrogen-bond donors (Lipinski definition) is 0. The smallest absolute Gasteiger partial charge is 0.350 e. The van der Waals surface area contributed by atoms with Crippen molar-refractivity contribution in [1.82, 2.24) is 0 Å². The average molecular weight is 300 g/mol. The molecular formula is C14H20O7. The molecule has 21 heavy (non-hydrogen) atoms. The van der Waals surface area contributed by atoms with Crippen molar-refractivity contribution in [1.29, 1.82) is 0 Å². The van der Waals surface area contributed by atoms with Gasteiger partial charge in [-0.15, -0.1) is 0 Å². The molecule has 3 saturated heterocycles. The number of hydrogen-bond acceptors (Lipinski definition) is 7. The second-order valence-electron chi connectivity index (χ2n) is 6.14. The van der Waals surface area contributed by atoms with Crippen molar-refractivity contribution in [3.8, 4) is 0 Å². The lowest BCUT2D eigenvalue weighted by atomic mass is 10.1. The van der Waals surface area contributed by atoms with Gasteiger partial charge in [-0.3, -0.25) is 4.79 Å². The summed E-state index contributed by atoms with van der Waals surface area (Å²) < 4.78 is 27.5. The molecule has 0 aromatic heterocycles. The fourth-order valence-corrected chi connectivity index (χ4v) is 2.74. The summed E-state index contributed by atoms with van der Waals surface area (Å²) in [6, 6.07) is 0. The fourth-order valence-electron chi connectivity index (χ4n) is 2.74. The van der Waals surface area contributed by atoms with E-state index in [1.165, 1.54) is 0 Å². The molecule has 118 valence electrons. The van der Waals surface area contributed by atoms with Crippen molar-refractivity contribution in [2.45, 2.75) is 70.6 Å². The maximum atomic E-state index is 11.9. The van der Waals surface area contributed by atoms with Crippen molar-refractivity contribution in [3.63, 3.8) is 0 Å². The highest BCUT2D eigenvalue weighted by molar-refractivity contribution is 5.82. The molecule has 0 aliphatic carbocycles. The zero-order valence-electron chi connectivity index (χ0n) is 12.5. The number of carbonyl (C=O) groups excluding carboxylic acids is 2. The average Bonchev–Trinajstić information content (AvgIpc) is 2.97. The van der Waals surface area contributed by atoms with Crippen LogP contribution in [0.25, 0.3) is 0 Å². The predicted molar refractivity (Wildman–Crippen MR) is 67.9 cm³/mol. The third-order valence-electron chi connectivity index (χ3n) is 4.07. The van der Waals surface area contributed by atoms with Crippen molar-refractivity contribution in [3.05, 3.63) is 0 Å². The molecule has 3 aliphatic rings. The van der Waals surface area contributed by atoms with Gasteiger partial charge >= 0.3 is 11.9 Å². The van der Waals surface area contributed by atoms with E-state index in [-0.39, 0.29) is 5.92 Å². The Hall–Kier alpha value is -1.18. The third-order valence-corrected chi connectivity index (χ3v) is 4.07. The molecule has 6 unspecified atom stereocenters. The molecule has 7 heteroatoms. The molecule has 3 aliphatic heterocycles. The second-order valence-corrected chi connectivity index (χ2v) is 6.14. The van der Waals surface area contributed by atoms with Gasteiger partial charge in [0, 0.05) is 0 Å². The molecule has 3 fully saturated rings. The van der Waals surface area contributed by atoms with Crippen molar-refractivity contribution < 1.29 is 33.3 Å². The Kier molecular flexibility index (Phi) is 3.46. The Labute approximate surface area is 122 Å². The van der Waals surface area contributed by atoms with Crippen LogP contribution in [0, 0.1) is 5.92 Å². The number of fused-ring (bicyclic) bond motifs is 3. The van der Waals surface area contributed by atoms with Crippen molar-refractivity contribution in [2.75, 3.05) is 0 Å². The molecule has 0 aromatic carbocycles. The van der Waals surface area contributed by atoms with Gasteiger partial charge in [0.05, 0.1) is 5.92 Å². The highest BCUT2D eigenvalue weighted by Gasteiger charge is 2.64. The highest BCUT2D eigenvalue weighted by Crippen LogP contribution is 2.43. The molecule has 0 spiro atoms. The Balaban J connectivity index is 1.70. The standard InChI is InChI=1S/C14H20O7/c1-5-6(2)11(15)18-9-7-8(17-12(9)16)10-13(19-7)21-14(3,4)20-10/h6-10,13H,5H2,1-4H3. The van der Waals surface area contributed by atoms with Gasteiger partial charge in [-0.2, -0.15) is 0 Å². The van der Waals surface area contributed by atoms with Crippen LogP contribution in [0.5, 0.6) is 0 Å². The van der Waals surface area contributed by atoms with Crippen LogP contribution in [0.4, 0.5) is 0 Å². The summed E-state index contributed by atoms with van der Waals surface area (Å²) in [5, 5.41) is 0. The van der Waals surface area contributed by atoms with E-state index in [1.54, 1.807) is 20.8 Å². The van der Waals surface area contributed by atoms with Crippen LogP contribution < -0.4 is 0 Å². The van der Waals surface area contributed by atoms with Crippen LogP contribution in [0.3, 0.4) is 0 Å². The summed E-state index contributed by atoms with van der Waals surface area (Å²) >= 11 is 0. The second kappa shape index (κ2) is 4.93. The topological polar surface area (TPSA) is 80.3 Å². The number of esters is 2. The molecule has 3 rings (SSSR count). The van der Waals surface area contributed by atoms with Crippen LogP contribution in [0.15, 0.2) is 0 Å². The van der Waals surface area contributed by atoms with Gasteiger partial charge in [0.1, 0.15) is 6.10 Å². The van der Waals surface area contributed by atoms with Gasteiger partial charge in [0.15, 0.2) is 24.3 Å². The molecule has 0 aromatic rings. The first-order valence-electron chi connectivity index (χ1n) is 7.24. The summed E-state index contributed by atoms with van der Waals surface area (Å²) in [6.07, 6.45) is -2.76. The van der Waals surface area contributed by atoms with E-state index in [2.05, 4.69) is 0 Å². The van der Waals surface area contributed by atoms with E-state index < -0.39 is 48.4 Å². The first kappa shape index (κ1) is 14.7. The van der Waals surface area contributed by atoms with E-state index in [4.69, 9.17) is 23.7 Å². The van der Waals surface area contributed by atoms with Gasteiger partial charge in [-0.25, -0.2) is 4.79 Å². The normalized spacial score (nSPS) is 41.3. The first-order valence-corrected chi connectivity index (χ1v) is 7.24. The molecule has 0 saturated carbocycles. The summed E-state index contributed by atoms with van der Waals surface area (Å²) in [6.45, 7) is 7.16. The number of ether oxygens (including phenoxy) is 5. The largest absolute Gasteiger partial charge is 0.454 e. The molecular weight excluding hydrogens is 280 g/mol. The van der Waals surface area contributed by atoms with Gasteiger partial charge in [0.2, 0.25) is 6.10 Å². The maximum absolute atomic E-state index is 11.9. The Morgan fingerprint density at radius 1 is 1.29 bits per heavy atom. The molecule has 0 radical (unpaired) electrons. The fraction of sp³-hybridized carbons (Fsp3) is 0.857. The molecule has 0 N–H and O–H groups in total. The minimum Gasteiger partial charge on any atom is -0.454 e. The van der Waals surface area contributed by atoms with E-state index in [0.717, 1.165) is 0 Å². The Bertz CT molecular complexity index is 460. The van der Waals surface area contributed by atoms with E-state index in [9.17, 15) is 9.59 Å². The summed E-state index contributed by atoms with van der Waals surface area (Å²) in [4.78, 5) is 23.8. The van der Waals surface area contributed by atoms with Gasteiger partial charge in [-0.1, -0.05) is 13.8 Å². The number of rotatable bonds is 3. The summed E-state index contributed by atoms with van der Waals surface area (Å²) in [5.74, 6) is -2.07. The van der Waals surface area contributed by atoms with Crippen LogP contribution in [0.2, 0.25) is 0 Å². The minimum absolute atomic E-state index is 0.274. The monoisotopic (exact) mass is 300 g/mol.